The molecule has 0 radical (unpaired) electrons. The Morgan fingerprint density at radius 3 is 2.15 bits per heavy atom. The number of unbranched alkanes of at least 4 members (excludes halogenated alkanes) is 1. The van der Waals surface area contributed by atoms with E-state index in [0.717, 1.165) is 10.9 Å². The van der Waals surface area contributed by atoms with E-state index >= 15 is 0 Å². The maximum Gasteiger partial charge on any atom is 0.326 e. The minimum atomic E-state index is -1.50. The minimum absolute atomic E-state index is 0.0524. The number of aromatic amines is 1. The van der Waals surface area contributed by atoms with Crippen LogP contribution in [0.3, 0.4) is 0 Å². The molecule has 1 heterocycles. The summed E-state index contributed by atoms with van der Waals surface area (Å²) in [5.74, 6) is -4.92. The molecule has 0 aliphatic heterocycles. The third-order valence-corrected chi connectivity index (χ3v) is 6.11. The molecule has 11 N–H and O–H groups in total. The van der Waals surface area contributed by atoms with Crippen molar-refractivity contribution in [3.63, 3.8) is 0 Å². The Morgan fingerprint density at radius 1 is 0.872 bits per heavy atom. The van der Waals surface area contributed by atoms with Gasteiger partial charge < -0.3 is 47.7 Å². The van der Waals surface area contributed by atoms with Crippen LogP contribution in [0.1, 0.15) is 37.7 Å². The number of carbonyl (C=O) groups is 5. The average molecular weight is 549 g/mol. The number of carboxylic acids is 2. The maximum atomic E-state index is 13.0. The topological polar surface area (TPSA) is 250 Å². The molecular formula is C25H36N6O8. The van der Waals surface area contributed by atoms with Gasteiger partial charge >= 0.3 is 11.9 Å². The summed E-state index contributed by atoms with van der Waals surface area (Å²) in [5.41, 5.74) is 12.7. The summed E-state index contributed by atoms with van der Waals surface area (Å²) in [5, 5.41) is 36.2. The average Bonchev–Trinajstić information content (AvgIpc) is 3.31. The van der Waals surface area contributed by atoms with Gasteiger partial charge in [-0.15, -0.1) is 0 Å². The Kier molecular flexibility index (Phi) is 12.3. The predicted octanol–water partition coefficient (Wildman–Crippen LogP) is -1.44. The normalized spacial score (nSPS) is 14.1. The highest BCUT2D eigenvalue weighted by atomic mass is 16.4. The van der Waals surface area contributed by atoms with E-state index in [9.17, 15) is 34.2 Å². The molecule has 0 saturated heterocycles. The van der Waals surface area contributed by atoms with Gasteiger partial charge in [0.2, 0.25) is 17.7 Å². The molecule has 1 aromatic heterocycles. The Bertz CT molecular complexity index is 1150. The number of nitrogens with one attached hydrogen (secondary N) is 4. The molecule has 4 atom stereocenters. The van der Waals surface area contributed by atoms with Crippen molar-refractivity contribution < 1.29 is 39.3 Å². The molecule has 0 bridgehead atoms. The number of para-hydroxylation sites is 1. The smallest absolute Gasteiger partial charge is 0.326 e. The van der Waals surface area contributed by atoms with Crippen LogP contribution >= 0.6 is 0 Å². The highest BCUT2D eigenvalue weighted by Crippen LogP contribution is 2.19. The summed E-state index contributed by atoms with van der Waals surface area (Å²) >= 11 is 0. The molecule has 1 aromatic carbocycles. The van der Waals surface area contributed by atoms with Crippen molar-refractivity contribution in [3.05, 3.63) is 36.0 Å². The van der Waals surface area contributed by atoms with Crippen LogP contribution in [0.15, 0.2) is 30.5 Å². The molecule has 14 nitrogen and oxygen atoms in total. The number of aliphatic hydroxyl groups excluding tert-OH is 1. The van der Waals surface area contributed by atoms with Gasteiger partial charge in [-0.05, 0) is 43.9 Å². The number of aromatic nitrogens is 1. The van der Waals surface area contributed by atoms with Crippen molar-refractivity contribution in [1.29, 1.82) is 0 Å². The van der Waals surface area contributed by atoms with E-state index in [-0.39, 0.29) is 25.7 Å². The zero-order valence-electron chi connectivity index (χ0n) is 21.4. The van der Waals surface area contributed by atoms with Crippen molar-refractivity contribution >= 4 is 40.6 Å². The number of carbonyl (C=O) groups excluding carboxylic acids is 3. The van der Waals surface area contributed by atoms with E-state index in [1.807, 2.05) is 18.2 Å². The quantitative estimate of drug-likeness (QED) is 0.104. The molecule has 2 aromatic rings. The highest BCUT2D eigenvalue weighted by Gasteiger charge is 2.30. The Balaban J connectivity index is 2.07. The molecule has 0 aliphatic rings. The highest BCUT2D eigenvalue weighted by molar-refractivity contribution is 5.94. The second-order valence-corrected chi connectivity index (χ2v) is 9.09. The van der Waals surface area contributed by atoms with Crippen molar-refractivity contribution in [2.45, 2.75) is 62.7 Å². The van der Waals surface area contributed by atoms with Gasteiger partial charge in [0.15, 0.2) is 0 Å². The summed E-state index contributed by atoms with van der Waals surface area (Å²) < 4.78 is 0. The van der Waals surface area contributed by atoms with E-state index in [1.54, 1.807) is 12.3 Å². The summed E-state index contributed by atoms with van der Waals surface area (Å²) in [6.45, 7) is -0.492. The SMILES string of the molecule is NCCCCC(NC(=O)C(N)CCC(=O)O)C(=O)NC(CO)C(=O)NC(Cc1c[nH]c2ccccc12)C(=O)O. The lowest BCUT2D eigenvalue weighted by atomic mass is 10.0. The summed E-state index contributed by atoms with van der Waals surface area (Å²) in [6, 6.07) is 2.08. The standard InChI is InChI=1S/C25H36N6O8/c26-10-4-3-7-18(29-22(35)16(27)8-9-21(33)34)23(36)31-20(13-32)24(37)30-19(25(38)39)11-14-12-28-17-6-2-1-5-15(14)17/h1-2,5-6,12,16,18-20,28,32H,3-4,7-11,13,26-27H2,(H,29,35)(H,30,37)(H,31,36)(H,33,34)(H,38,39). The lowest BCUT2D eigenvalue weighted by molar-refractivity contribution is -0.142. The molecule has 14 heteroatoms. The zero-order valence-corrected chi connectivity index (χ0v) is 21.4. The van der Waals surface area contributed by atoms with Crippen molar-refractivity contribution in [3.8, 4) is 0 Å². The number of fused-ring (bicyclic) bond motifs is 1. The van der Waals surface area contributed by atoms with Gasteiger partial charge in [-0.25, -0.2) is 4.79 Å². The molecule has 0 spiro atoms. The van der Waals surface area contributed by atoms with Gasteiger partial charge in [0.05, 0.1) is 12.6 Å². The lowest BCUT2D eigenvalue weighted by Gasteiger charge is -2.24. The molecule has 0 saturated carbocycles. The molecule has 0 aliphatic carbocycles. The van der Waals surface area contributed by atoms with Crippen molar-refractivity contribution in [1.82, 2.24) is 20.9 Å². The van der Waals surface area contributed by atoms with Gasteiger partial charge in [0, 0.05) is 29.9 Å². The first kappa shape index (κ1) is 31.2. The van der Waals surface area contributed by atoms with Crippen LogP contribution in [0, 0.1) is 0 Å². The Hall–Kier alpha value is -4.01. The molecule has 3 amide bonds. The molecular weight excluding hydrogens is 512 g/mol. The van der Waals surface area contributed by atoms with Crippen LogP contribution in [0.5, 0.6) is 0 Å². The number of carboxylic acid groups (broad SMARTS) is 2. The third-order valence-electron chi connectivity index (χ3n) is 6.11. The lowest BCUT2D eigenvalue weighted by Crippen LogP contribution is -2.58. The maximum absolute atomic E-state index is 13.0. The van der Waals surface area contributed by atoms with E-state index in [2.05, 4.69) is 20.9 Å². The molecule has 214 valence electrons. The third kappa shape index (κ3) is 9.67. The number of benzene rings is 1. The number of hydrogen-bond acceptors (Lipinski definition) is 8. The van der Waals surface area contributed by atoms with Crippen molar-refractivity contribution in [2.24, 2.45) is 11.5 Å². The zero-order chi connectivity index (χ0) is 28.9. The number of hydrogen-bond donors (Lipinski definition) is 9. The summed E-state index contributed by atoms with van der Waals surface area (Å²) in [4.78, 5) is 63.9. The molecule has 0 fully saturated rings. The monoisotopic (exact) mass is 548 g/mol. The first-order chi connectivity index (χ1) is 18.6. The van der Waals surface area contributed by atoms with E-state index in [4.69, 9.17) is 16.6 Å². The number of nitrogens with two attached hydrogens (primary N) is 2. The Morgan fingerprint density at radius 2 is 1.51 bits per heavy atom. The van der Waals surface area contributed by atoms with Crippen LogP contribution in [-0.2, 0) is 30.4 Å². The Labute approximate surface area is 224 Å². The van der Waals surface area contributed by atoms with E-state index in [0.29, 0.717) is 24.9 Å². The fourth-order valence-electron chi connectivity index (χ4n) is 3.91. The van der Waals surface area contributed by atoms with Gasteiger partial charge in [0.25, 0.3) is 0 Å². The first-order valence-corrected chi connectivity index (χ1v) is 12.5. The fourth-order valence-corrected chi connectivity index (χ4v) is 3.91. The van der Waals surface area contributed by atoms with Crippen molar-refractivity contribution in [2.75, 3.05) is 13.2 Å². The first-order valence-electron chi connectivity index (χ1n) is 12.5. The second kappa shape index (κ2) is 15.4. The number of amides is 3. The van der Waals surface area contributed by atoms with Crippen LogP contribution in [0.2, 0.25) is 0 Å². The second-order valence-electron chi connectivity index (χ2n) is 9.09. The van der Waals surface area contributed by atoms with Gasteiger partial charge in [0.1, 0.15) is 18.1 Å². The predicted molar refractivity (Wildman–Crippen MR) is 140 cm³/mol. The summed E-state index contributed by atoms with van der Waals surface area (Å²) in [6.07, 6.45) is 2.24. The number of aliphatic carboxylic acids is 2. The number of H-pyrrole nitrogens is 1. The number of aliphatic hydroxyl groups is 1. The van der Waals surface area contributed by atoms with Crippen LogP contribution < -0.4 is 27.4 Å². The van der Waals surface area contributed by atoms with E-state index < -0.39 is 60.4 Å². The van der Waals surface area contributed by atoms with Crippen LogP contribution in [0.4, 0.5) is 0 Å². The summed E-state index contributed by atoms with van der Waals surface area (Å²) in [7, 11) is 0. The molecule has 39 heavy (non-hydrogen) atoms. The largest absolute Gasteiger partial charge is 0.481 e. The number of rotatable bonds is 17. The fraction of sp³-hybridized carbons (Fsp3) is 0.480. The molecule has 2 rings (SSSR count). The van der Waals surface area contributed by atoms with E-state index in [1.165, 1.54) is 0 Å². The molecule has 4 unspecified atom stereocenters. The van der Waals surface area contributed by atoms with Gasteiger partial charge in [-0.3, -0.25) is 19.2 Å². The van der Waals surface area contributed by atoms with Gasteiger partial charge in [-0.1, -0.05) is 18.2 Å². The van der Waals surface area contributed by atoms with Crippen LogP contribution in [0.25, 0.3) is 10.9 Å². The minimum Gasteiger partial charge on any atom is -0.481 e. The van der Waals surface area contributed by atoms with Crippen LogP contribution in [-0.4, -0.2) is 87.3 Å². The van der Waals surface area contributed by atoms with Gasteiger partial charge in [-0.2, -0.15) is 0 Å².